The highest BCUT2D eigenvalue weighted by Crippen LogP contribution is 2.34. The lowest BCUT2D eigenvalue weighted by molar-refractivity contribution is 0.290. The van der Waals surface area contributed by atoms with Crippen LogP contribution in [0.4, 0.5) is 5.95 Å². The van der Waals surface area contributed by atoms with Crippen molar-refractivity contribution in [2.24, 2.45) is 0 Å². The Balaban J connectivity index is 2.12. The average molecular weight is 433 g/mol. The Morgan fingerprint density at radius 1 is 1.28 bits per heavy atom. The van der Waals surface area contributed by atoms with E-state index >= 15 is 0 Å². The van der Waals surface area contributed by atoms with E-state index in [4.69, 9.17) is 38.8 Å². The Labute approximate surface area is 179 Å². The maximum atomic E-state index is 8.94. The monoisotopic (exact) mass is 432 g/mol. The normalized spacial score (nSPS) is 10.8. The minimum Gasteiger partial charge on any atom is -0.496 e. The molecule has 0 aliphatic heterocycles. The SMILES string of the molecule is COc1c(C)cc(Cn2cc(C#CCCCO)c3c(Cl)nc(N)nc32)c(Cl)c1C. The lowest BCUT2D eigenvalue weighted by atomic mass is 10.1. The second-order valence-electron chi connectivity index (χ2n) is 6.70. The summed E-state index contributed by atoms with van der Waals surface area (Å²) >= 11 is 13.0. The summed E-state index contributed by atoms with van der Waals surface area (Å²) in [5, 5.41) is 10.5. The van der Waals surface area contributed by atoms with E-state index in [2.05, 4.69) is 21.8 Å². The van der Waals surface area contributed by atoms with E-state index in [-0.39, 0.29) is 17.7 Å². The molecule has 3 aromatic rings. The summed E-state index contributed by atoms with van der Waals surface area (Å²) in [5.74, 6) is 7.02. The van der Waals surface area contributed by atoms with E-state index in [9.17, 15) is 0 Å². The van der Waals surface area contributed by atoms with E-state index < -0.39 is 0 Å². The van der Waals surface area contributed by atoms with Gasteiger partial charge in [-0.15, -0.1) is 0 Å². The topological polar surface area (TPSA) is 86.2 Å². The fourth-order valence-corrected chi connectivity index (χ4v) is 3.81. The van der Waals surface area contributed by atoms with Crippen LogP contribution in [0.1, 0.15) is 35.1 Å². The second kappa shape index (κ2) is 8.91. The molecule has 0 radical (unpaired) electrons. The molecule has 0 unspecified atom stereocenters. The molecule has 3 rings (SSSR count). The molecule has 1 aromatic carbocycles. The average Bonchev–Trinajstić information content (AvgIpc) is 3.01. The number of benzene rings is 1. The van der Waals surface area contributed by atoms with Crippen LogP contribution in [0.5, 0.6) is 5.75 Å². The first kappa shape index (κ1) is 21.3. The molecule has 0 spiro atoms. The van der Waals surface area contributed by atoms with Crippen LogP contribution in [0, 0.1) is 25.7 Å². The van der Waals surface area contributed by atoms with Crippen LogP contribution in [0.25, 0.3) is 11.0 Å². The van der Waals surface area contributed by atoms with Crippen LogP contribution < -0.4 is 10.5 Å². The molecule has 0 saturated heterocycles. The van der Waals surface area contributed by atoms with E-state index in [1.165, 1.54) is 0 Å². The Morgan fingerprint density at radius 3 is 2.72 bits per heavy atom. The van der Waals surface area contributed by atoms with Crippen LogP contribution in [0.15, 0.2) is 12.3 Å². The first-order valence-electron chi connectivity index (χ1n) is 9.11. The molecule has 2 aromatic heterocycles. The third-order valence-electron chi connectivity index (χ3n) is 4.62. The lowest BCUT2D eigenvalue weighted by Crippen LogP contribution is -2.04. The number of hydrogen-bond acceptors (Lipinski definition) is 5. The number of aryl methyl sites for hydroxylation is 1. The van der Waals surface area contributed by atoms with Gasteiger partial charge in [0.05, 0.1) is 29.6 Å². The highest BCUT2D eigenvalue weighted by molar-refractivity contribution is 6.34. The smallest absolute Gasteiger partial charge is 0.223 e. The van der Waals surface area contributed by atoms with E-state index in [0.717, 1.165) is 22.4 Å². The minimum absolute atomic E-state index is 0.0924. The van der Waals surface area contributed by atoms with Crippen molar-refractivity contribution in [2.75, 3.05) is 19.5 Å². The number of aliphatic hydroxyl groups is 1. The van der Waals surface area contributed by atoms with Gasteiger partial charge in [-0.3, -0.25) is 0 Å². The molecule has 3 N–H and O–H groups in total. The first-order chi connectivity index (χ1) is 13.9. The molecule has 8 heteroatoms. The molecule has 0 fully saturated rings. The summed E-state index contributed by atoms with van der Waals surface area (Å²) in [7, 11) is 1.63. The number of unbranched alkanes of at least 4 members (excludes halogenated alkanes) is 1. The molecule has 0 aliphatic rings. The quantitative estimate of drug-likeness (QED) is 0.359. The van der Waals surface area contributed by atoms with Gasteiger partial charge in [0, 0.05) is 24.8 Å². The number of aromatic nitrogens is 3. The van der Waals surface area contributed by atoms with Crippen molar-refractivity contribution in [3.8, 4) is 17.6 Å². The Hall–Kier alpha value is -2.46. The van der Waals surface area contributed by atoms with Crippen molar-refractivity contribution in [1.29, 1.82) is 0 Å². The molecule has 152 valence electrons. The molecule has 29 heavy (non-hydrogen) atoms. The second-order valence-corrected chi connectivity index (χ2v) is 7.43. The van der Waals surface area contributed by atoms with Gasteiger partial charge in [0.1, 0.15) is 16.5 Å². The first-order valence-corrected chi connectivity index (χ1v) is 9.87. The summed E-state index contributed by atoms with van der Waals surface area (Å²) < 4.78 is 7.37. The summed E-state index contributed by atoms with van der Waals surface area (Å²) in [4.78, 5) is 8.44. The minimum atomic E-state index is 0.0924. The number of halogens is 2. The number of ether oxygens (including phenoxy) is 1. The summed E-state index contributed by atoms with van der Waals surface area (Å²) in [6.07, 6.45) is 3.07. The number of nitrogen functional groups attached to an aromatic ring is 1. The molecule has 0 aliphatic carbocycles. The van der Waals surface area contributed by atoms with Gasteiger partial charge in [-0.2, -0.15) is 4.98 Å². The number of anilines is 1. The summed E-state index contributed by atoms with van der Waals surface area (Å²) in [6, 6.07) is 2.00. The fraction of sp³-hybridized carbons (Fsp3) is 0.333. The zero-order valence-corrected chi connectivity index (χ0v) is 18.0. The summed E-state index contributed by atoms with van der Waals surface area (Å²) in [6.45, 7) is 4.48. The van der Waals surface area contributed by atoms with E-state index in [0.29, 0.717) is 41.0 Å². The number of nitrogens with zero attached hydrogens (tertiary/aromatic N) is 3. The van der Waals surface area contributed by atoms with Crippen molar-refractivity contribution < 1.29 is 9.84 Å². The molecule has 0 amide bonds. The van der Waals surface area contributed by atoms with Gasteiger partial charge < -0.3 is 20.1 Å². The van der Waals surface area contributed by atoms with Crippen molar-refractivity contribution >= 4 is 40.2 Å². The highest BCUT2D eigenvalue weighted by Gasteiger charge is 2.17. The van der Waals surface area contributed by atoms with Crippen LogP contribution >= 0.6 is 23.2 Å². The number of nitrogens with two attached hydrogens (primary N) is 1. The lowest BCUT2D eigenvalue weighted by Gasteiger charge is -2.15. The van der Waals surface area contributed by atoms with Crippen molar-refractivity contribution in [2.45, 2.75) is 33.2 Å². The third kappa shape index (κ3) is 4.27. The van der Waals surface area contributed by atoms with Gasteiger partial charge in [0.15, 0.2) is 0 Å². The van der Waals surface area contributed by atoms with E-state index in [1.807, 2.05) is 30.7 Å². The predicted molar refractivity (Wildman–Crippen MR) is 117 cm³/mol. The molecule has 0 bridgehead atoms. The molecule has 0 atom stereocenters. The maximum Gasteiger partial charge on any atom is 0.223 e. The molecule has 0 saturated carbocycles. The zero-order valence-electron chi connectivity index (χ0n) is 16.5. The molecule has 2 heterocycles. The fourth-order valence-electron chi connectivity index (χ4n) is 3.34. The van der Waals surface area contributed by atoms with Gasteiger partial charge in [0.25, 0.3) is 0 Å². The maximum absolute atomic E-state index is 8.94. The van der Waals surface area contributed by atoms with Crippen molar-refractivity contribution in [3.05, 3.63) is 44.7 Å². The zero-order chi connectivity index (χ0) is 21.1. The van der Waals surface area contributed by atoms with Crippen molar-refractivity contribution in [1.82, 2.24) is 14.5 Å². The number of rotatable bonds is 5. The third-order valence-corrected chi connectivity index (χ3v) is 5.42. The standard InChI is InChI=1S/C21H22Cl2N4O2/c1-12-9-15(17(22)13(2)18(12)29-3)11-27-10-14(7-5-4-6-8-28)16-19(23)25-21(24)26-20(16)27/h9-10,28H,4,6,8,11H2,1-3H3,(H2,24,25,26). The molecular weight excluding hydrogens is 411 g/mol. The number of fused-ring (bicyclic) bond motifs is 1. The predicted octanol–water partition coefficient (Wildman–Crippen LogP) is 4.12. The van der Waals surface area contributed by atoms with Crippen molar-refractivity contribution in [3.63, 3.8) is 0 Å². The number of aliphatic hydroxyl groups excluding tert-OH is 1. The van der Waals surface area contributed by atoms with Crippen LogP contribution in [0.3, 0.4) is 0 Å². The highest BCUT2D eigenvalue weighted by atomic mass is 35.5. The number of hydrogen-bond donors (Lipinski definition) is 2. The van der Waals surface area contributed by atoms with Crippen LogP contribution in [-0.4, -0.2) is 33.4 Å². The summed E-state index contributed by atoms with van der Waals surface area (Å²) in [5.41, 5.74) is 9.94. The van der Waals surface area contributed by atoms with Gasteiger partial charge >= 0.3 is 0 Å². The van der Waals surface area contributed by atoms with E-state index in [1.54, 1.807) is 7.11 Å². The van der Waals surface area contributed by atoms with Gasteiger partial charge in [-0.1, -0.05) is 35.0 Å². The molecule has 6 nitrogen and oxygen atoms in total. The Kier molecular flexibility index (Phi) is 6.53. The Bertz CT molecular complexity index is 1130. The van der Waals surface area contributed by atoms with Gasteiger partial charge in [0.2, 0.25) is 5.95 Å². The Morgan fingerprint density at radius 2 is 2.03 bits per heavy atom. The van der Waals surface area contributed by atoms with Gasteiger partial charge in [-0.05, 0) is 37.5 Å². The molecular formula is C21H22Cl2N4O2. The van der Waals surface area contributed by atoms with Crippen LogP contribution in [-0.2, 0) is 6.54 Å². The van der Waals surface area contributed by atoms with Gasteiger partial charge in [-0.25, -0.2) is 4.98 Å². The number of methoxy groups -OCH3 is 1. The largest absolute Gasteiger partial charge is 0.496 e. The van der Waals surface area contributed by atoms with Crippen LogP contribution in [0.2, 0.25) is 10.2 Å².